The second-order valence-electron chi connectivity index (χ2n) is 4.86. The zero-order valence-electron chi connectivity index (χ0n) is 12.2. The molecule has 0 radical (unpaired) electrons. The van der Waals surface area contributed by atoms with Crippen molar-refractivity contribution in [3.8, 4) is 0 Å². The fraction of sp³-hybridized carbons (Fsp3) is 0.375. The first-order valence-corrected chi connectivity index (χ1v) is 6.77. The van der Waals surface area contributed by atoms with Gasteiger partial charge in [0, 0.05) is 32.3 Å². The highest BCUT2D eigenvalue weighted by molar-refractivity contribution is 5.81. The highest BCUT2D eigenvalue weighted by Gasteiger charge is 2.19. The standard InChI is InChI=1S/C16H20N2O2/c1-4-15(20-3)16(19)18(2)11-12-7-8-14-13(10-12)6-5-9-17-14/h5-10,15H,4,11H2,1-3H3/t15-/m1/s1. The van der Waals surface area contributed by atoms with E-state index in [0.29, 0.717) is 13.0 Å². The van der Waals surface area contributed by atoms with E-state index in [4.69, 9.17) is 4.74 Å². The van der Waals surface area contributed by atoms with Crippen molar-refractivity contribution in [3.05, 3.63) is 42.1 Å². The van der Waals surface area contributed by atoms with E-state index in [9.17, 15) is 4.79 Å². The molecule has 0 fully saturated rings. The minimum Gasteiger partial charge on any atom is -0.372 e. The van der Waals surface area contributed by atoms with E-state index < -0.39 is 0 Å². The number of methoxy groups -OCH3 is 1. The van der Waals surface area contributed by atoms with Crippen molar-refractivity contribution in [2.24, 2.45) is 0 Å². The zero-order chi connectivity index (χ0) is 14.5. The molecule has 0 aliphatic carbocycles. The lowest BCUT2D eigenvalue weighted by atomic mass is 10.1. The number of ether oxygens (including phenoxy) is 1. The number of aromatic nitrogens is 1. The number of hydrogen-bond donors (Lipinski definition) is 0. The molecule has 4 heteroatoms. The van der Waals surface area contributed by atoms with E-state index in [1.807, 2.05) is 31.2 Å². The van der Waals surface area contributed by atoms with Crippen LogP contribution < -0.4 is 0 Å². The summed E-state index contributed by atoms with van der Waals surface area (Å²) in [5.74, 6) is 0.0151. The molecule has 4 nitrogen and oxygen atoms in total. The maximum absolute atomic E-state index is 12.2. The summed E-state index contributed by atoms with van der Waals surface area (Å²) in [6.07, 6.45) is 2.10. The van der Waals surface area contributed by atoms with Gasteiger partial charge >= 0.3 is 0 Å². The minimum absolute atomic E-state index is 0.0151. The number of benzene rings is 1. The summed E-state index contributed by atoms with van der Waals surface area (Å²) in [4.78, 5) is 18.2. The summed E-state index contributed by atoms with van der Waals surface area (Å²) in [6, 6.07) is 10.0. The number of carbonyl (C=O) groups is 1. The SMILES string of the molecule is CC[C@@H](OC)C(=O)N(C)Cc1ccc2ncccc2c1. The predicted molar refractivity (Wildman–Crippen MR) is 79.3 cm³/mol. The predicted octanol–water partition coefficient (Wildman–Crippen LogP) is 2.62. The van der Waals surface area contributed by atoms with E-state index in [-0.39, 0.29) is 12.0 Å². The number of carbonyl (C=O) groups excluding carboxylic acids is 1. The molecule has 0 aliphatic rings. The Labute approximate surface area is 119 Å². The normalized spacial score (nSPS) is 12.3. The third kappa shape index (κ3) is 3.14. The van der Waals surface area contributed by atoms with Crippen LogP contribution in [0.5, 0.6) is 0 Å². The van der Waals surface area contributed by atoms with Gasteiger partial charge in [-0.25, -0.2) is 0 Å². The summed E-state index contributed by atoms with van der Waals surface area (Å²) < 4.78 is 5.19. The Bertz CT molecular complexity index is 594. The smallest absolute Gasteiger partial charge is 0.251 e. The highest BCUT2D eigenvalue weighted by Crippen LogP contribution is 2.15. The Balaban J connectivity index is 2.13. The summed E-state index contributed by atoms with van der Waals surface area (Å²) in [5, 5.41) is 1.09. The Hall–Kier alpha value is -1.94. The van der Waals surface area contributed by atoms with Gasteiger partial charge in [0.2, 0.25) is 0 Å². The Kier molecular flexibility index (Phi) is 4.69. The molecule has 0 unspecified atom stereocenters. The first-order chi connectivity index (χ1) is 9.65. The van der Waals surface area contributed by atoms with E-state index in [1.165, 1.54) is 0 Å². The van der Waals surface area contributed by atoms with Gasteiger partial charge in [0.05, 0.1) is 5.52 Å². The summed E-state index contributed by atoms with van der Waals surface area (Å²) in [7, 11) is 3.37. The van der Waals surface area contributed by atoms with Gasteiger partial charge in [-0.05, 0) is 30.2 Å². The van der Waals surface area contributed by atoms with Gasteiger partial charge in [-0.1, -0.05) is 19.1 Å². The number of fused-ring (bicyclic) bond motifs is 1. The van der Waals surface area contributed by atoms with Crippen LogP contribution in [0.4, 0.5) is 0 Å². The van der Waals surface area contributed by atoms with Crippen molar-refractivity contribution >= 4 is 16.8 Å². The lowest BCUT2D eigenvalue weighted by Gasteiger charge is -2.22. The quantitative estimate of drug-likeness (QED) is 0.840. The molecule has 20 heavy (non-hydrogen) atoms. The van der Waals surface area contributed by atoms with Crippen LogP contribution in [0.15, 0.2) is 36.5 Å². The molecular weight excluding hydrogens is 252 g/mol. The molecule has 0 saturated heterocycles. The van der Waals surface area contributed by atoms with Gasteiger partial charge in [0.25, 0.3) is 5.91 Å². The molecule has 1 atom stereocenters. The molecule has 1 amide bonds. The van der Waals surface area contributed by atoms with Crippen LogP contribution >= 0.6 is 0 Å². The monoisotopic (exact) mass is 272 g/mol. The van der Waals surface area contributed by atoms with Crippen LogP contribution in [0.3, 0.4) is 0 Å². The zero-order valence-corrected chi connectivity index (χ0v) is 12.2. The molecule has 0 bridgehead atoms. The molecule has 0 N–H and O–H groups in total. The number of nitrogens with zero attached hydrogens (tertiary/aromatic N) is 2. The maximum atomic E-state index is 12.2. The molecular formula is C16H20N2O2. The lowest BCUT2D eigenvalue weighted by Crippen LogP contribution is -2.36. The number of pyridine rings is 1. The molecule has 2 aromatic rings. The molecule has 106 valence electrons. The van der Waals surface area contributed by atoms with Crippen LogP contribution in [0, 0.1) is 0 Å². The van der Waals surface area contributed by atoms with E-state index >= 15 is 0 Å². The van der Waals surface area contributed by atoms with Gasteiger partial charge in [-0.2, -0.15) is 0 Å². The van der Waals surface area contributed by atoms with Gasteiger partial charge in [0.1, 0.15) is 6.10 Å². The molecule has 1 heterocycles. The largest absolute Gasteiger partial charge is 0.372 e. The summed E-state index contributed by atoms with van der Waals surface area (Å²) in [5.41, 5.74) is 2.06. The number of hydrogen-bond acceptors (Lipinski definition) is 3. The van der Waals surface area contributed by atoms with E-state index in [1.54, 1.807) is 25.3 Å². The van der Waals surface area contributed by atoms with Gasteiger partial charge in [-0.3, -0.25) is 9.78 Å². The summed E-state index contributed by atoms with van der Waals surface area (Å²) >= 11 is 0. The minimum atomic E-state index is -0.359. The average molecular weight is 272 g/mol. The van der Waals surface area contributed by atoms with Crippen LogP contribution in [0.25, 0.3) is 10.9 Å². The summed E-state index contributed by atoms with van der Waals surface area (Å²) in [6.45, 7) is 2.52. The van der Waals surface area contributed by atoms with Crippen molar-refractivity contribution < 1.29 is 9.53 Å². The number of likely N-dealkylation sites (N-methyl/N-ethyl adjacent to an activating group) is 1. The number of rotatable bonds is 5. The molecule has 0 saturated carbocycles. The second-order valence-corrected chi connectivity index (χ2v) is 4.86. The van der Waals surface area contributed by atoms with Crippen molar-refractivity contribution in [1.29, 1.82) is 0 Å². The van der Waals surface area contributed by atoms with Crippen molar-refractivity contribution in [3.63, 3.8) is 0 Å². The van der Waals surface area contributed by atoms with Gasteiger partial charge in [-0.15, -0.1) is 0 Å². The first kappa shape index (κ1) is 14.5. The van der Waals surface area contributed by atoms with Crippen molar-refractivity contribution in [1.82, 2.24) is 9.88 Å². The first-order valence-electron chi connectivity index (χ1n) is 6.77. The molecule has 1 aromatic carbocycles. The fourth-order valence-corrected chi connectivity index (χ4v) is 2.26. The van der Waals surface area contributed by atoms with Crippen LogP contribution in [-0.4, -0.2) is 36.1 Å². The Morgan fingerprint density at radius 3 is 2.90 bits per heavy atom. The van der Waals surface area contributed by atoms with Crippen LogP contribution in [0.2, 0.25) is 0 Å². The van der Waals surface area contributed by atoms with Gasteiger partial charge in [0.15, 0.2) is 0 Å². The second kappa shape index (κ2) is 6.48. The van der Waals surface area contributed by atoms with E-state index in [2.05, 4.69) is 11.1 Å². The molecule has 0 aliphatic heterocycles. The maximum Gasteiger partial charge on any atom is 0.251 e. The third-order valence-corrected chi connectivity index (χ3v) is 3.39. The van der Waals surface area contributed by atoms with Crippen LogP contribution in [-0.2, 0) is 16.1 Å². The Morgan fingerprint density at radius 1 is 1.40 bits per heavy atom. The van der Waals surface area contributed by atoms with Gasteiger partial charge < -0.3 is 9.64 Å². The van der Waals surface area contributed by atoms with E-state index in [0.717, 1.165) is 16.5 Å². The topological polar surface area (TPSA) is 42.4 Å². The lowest BCUT2D eigenvalue weighted by molar-refractivity contribution is -0.141. The number of amides is 1. The Morgan fingerprint density at radius 2 is 2.20 bits per heavy atom. The van der Waals surface area contributed by atoms with Crippen molar-refractivity contribution in [2.75, 3.05) is 14.2 Å². The average Bonchev–Trinajstić information content (AvgIpc) is 2.48. The van der Waals surface area contributed by atoms with Crippen molar-refractivity contribution in [2.45, 2.75) is 26.0 Å². The highest BCUT2D eigenvalue weighted by atomic mass is 16.5. The van der Waals surface area contributed by atoms with Crippen LogP contribution in [0.1, 0.15) is 18.9 Å². The third-order valence-electron chi connectivity index (χ3n) is 3.39. The molecule has 2 rings (SSSR count). The fourth-order valence-electron chi connectivity index (χ4n) is 2.26. The molecule has 0 spiro atoms. The molecule has 1 aromatic heterocycles.